The van der Waals surface area contributed by atoms with Crippen LogP contribution in [0.1, 0.15) is 19.2 Å². The Kier molecular flexibility index (Phi) is 7.29. The molecule has 3 rings (SSSR count). The molecule has 0 radical (unpaired) electrons. The third-order valence-electron chi connectivity index (χ3n) is 5.01. The molecule has 9 nitrogen and oxygen atoms in total. The van der Waals surface area contributed by atoms with Gasteiger partial charge in [-0.3, -0.25) is 10.2 Å². The number of rotatable bonds is 7. The van der Waals surface area contributed by atoms with E-state index in [4.69, 9.17) is 17.0 Å². The highest BCUT2D eigenvalue weighted by Gasteiger charge is 2.46. The van der Waals surface area contributed by atoms with Crippen LogP contribution in [0.25, 0.3) is 5.57 Å². The SMILES string of the molecule is CN/C=C(\C(=N)C(=O)N1CC(F)(F)CC(C)C1CNc1ncc(Cl)cn1)c1ncccn1. The summed E-state index contributed by atoms with van der Waals surface area (Å²) in [6.45, 7) is 0.982. The number of hydrogen-bond acceptors (Lipinski definition) is 8. The number of anilines is 1. The fourth-order valence-corrected chi connectivity index (χ4v) is 3.67. The van der Waals surface area contributed by atoms with E-state index in [2.05, 4.69) is 30.6 Å². The van der Waals surface area contributed by atoms with Crippen molar-refractivity contribution in [3.63, 3.8) is 0 Å². The highest BCUT2D eigenvalue weighted by Crippen LogP contribution is 2.35. The third kappa shape index (κ3) is 5.52. The maximum atomic E-state index is 14.4. The van der Waals surface area contributed by atoms with Crippen LogP contribution in [0.15, 0.2) is 37.1 Å². The zero-order valence-corrected chi connectivity index (χ0v) is 18.3. The lowest BCUT2D eigenvalue weighted by Crippen LogP contribution is -2.59. The molecule has 3 heterocycles. The first-order valence-corrected chi connectivity index (χ1v) is 10.2. The molecule has 2 aromatic rings. The summed E-state index contributed by atoms with van der Waals surface area (Å²) in [5.41, 5.74) is -0.379. The third-order valence-corrected chi connectivity index (χ3v) is 5.20. The normalized spacial score (nSPS) is 20.5. The van der Waals surface area contributed by atoms with Crippen LogP contribution in [0.5, 0.6) is 0 Å². The van der Waals surface area contributed by atoms with Crippen LogP contribution in [0.3, 0.4) is 0 Å². The summed E-state index contributed by atoms with van der Waals surface area (Å²) < 4.78 is 28.8. The second-order valence-corrected chi connectivity index (χ2v) is 7.87. The van der Waals surface area contributed by atoms with Crippen molar-refractivity contribution in [3.8, 4) is 0 Å². The van der Waals surface area contributed by atoms with Gasteiger partial charge in [-0.15, -0.1) is 0 Å². The van der Waals surface area contributed by atoms with Crippen molar-refractivity contribution in [2.75, 3.05) is 25.5 Å². The van der Waals surface area contributed by atoms with E-state index in [1.807, 2.05) is 0 Å². The number of halogens is 3. The van der Waals surface area contributed by atoms with Gasteiger partial charge in [0, 0.05) is 38.6 Å². The molecule has 0 aliphatic carbocycles. The Morgan fingerprint density at radius 1 is 1.31 bits per heavy atom. The summed E-state index contributed by atoms with van der Waals surface area (Å²) in [6, 6.07) is 0.980. The number of carbonyl (C=O) groups excluding carboxylic acids is 1. The van der Waals surface area contributed by atoms with Gasteiger partial charge in [0.15, 0.2) is 5.82 Å². The van der Waals surface area contributed by atoms with E-state index >= 15 is 0 Å². The first-order chi connectivity index (χ1) is 15.2. The zero-order chi connectivity index (χ0) is 23.3. The van der Waals surface area contributed by atoms with E-state index in [-0.39, 0.29) is 30.3 Å². The van der Waals surface area contributed by atoms with Crippen LogP contribution in [-0.2, 0) is 4.79 Å². The summed E-state index contributed by atoms with van der Waals surface area (Å²) >= 11 is 5.79. The van der Waals surface area contributed by atoms with Crippen LogP contribution in [0.4, 0.5) is 14.7 Å². The van der Waals surface area contributed by atoms with Gasteiger partial charge < -0.3 is 15.5 Å². The standard InChI is InChI=1S/C20H23ClF2N8O/c1-12-6-20(22,23)11-31(15(12)10-30-19-28-7-13(21)8-29-19)18(32)16(24)14(9-25-2)17-26-4-3-5-27-17/h3-5,7-9,12,15,24-25H,6,10-11H2,1-2H3,(H,28,29,30)/b14-9+,24-16?. The summed E-state index contributed by atoms with van der Waals surface area (Å²) in [5, 5.41) is 14.5. The highest BCUT2D eigenvalue weighted by molar-refractivity contribution is 6.54. The van der Waals surface area contributed by atoms with Crippen molar-refractivity contribution in [2.24, 2.45) is 5.92 Å². The van der Waals surface area contributed by atoms with E-state index in [0.717, 1.165) is 4.90 Å². The number of carbonyl (C=O) groups is 1. The number of hydrogen-bond donors (Lipinski definition) is 3. The first kappa shape index (κ1) is 23.5. The Hall–Kier alpha value is -3.21. The fraction of sp³-hybridized carbons (Fsp3) is 0.400. The molecule has 2 atom stereocenters. The van der Waals surface area contributed by atoms with Crippen molar-refractivity contribution in [1.29, 1.82) is 5.41 Å². The van der Waals surface area contributed by atoms with E-state index < -0.39 is 36.0 Å². The molecule has 1 saturated heterocycles. The maximum Gasteiger partial charge on any atom is 0.273 e. The molecule has 0 spiro atoms. The maximum absolute atomic E-state index is 14.4. The van der Waals surface area contributed by atoms with Gasteiger partial charge in [-0.2, -0.15) is 0 Å². The lowest BCUT2D eigenvalue weighted by atomic mass is 9.87. The summed E-state index contributed by atoms with van der Waals surface area (Å²) in [5.74, 6) is -4.05. The van der Waals surface area contributed by atoms with Gasteiger partial charge in [0.25, 0.3) is 11.8 Å². The average Bonchev–Trinajstić information content (AvgIpc) is 2.76. The molecule has 12 heteroatoms. The van der Waals surface area contributed by atoms with Gasteiger partial charge >= 0.3 is 0 Å². The number of likely N-dealkylation sites (tertiary alicyclic amines) is 1. The van der Waals surface area contributed by atoms with Crippen LogP contribution >= 0.6 is 11.6 Å². The lowest BCUT2D eigenvalue weighted by Gasteiger charge is -2.43. The topological polar surface area (TPSA) is 120 Å². The largest absolute Gasteiger partial charge is 0.393 e. The molecule has 2 unspecified atom stereocenters. The number of piperidine rings is 1. The minimum Gasteiger partial charge on any atom is -0.393 e. The van der Waals surface area contributed by atoms with E-state index in [1.165, 1.54) is 31.0 Å². The summed E-state index contributed by atoms with van der Waals surface area (Å²) in [4.78, 5) is 30.5. The Bertz CT molecular complexity index is 987. The van der Waals surface area contributed by atoms with E-state index in [1.54, 1.807) is 20.0 Å². The molecule has 3 N–H and O–H groups in total. The van der Waals surface area contributed by atoms with Crippen molar-refractivity contribution in [2.45, 2.75) is 25.3 Å². The smallest absolute Gasteiger partial charge is 0.273 e. The van der Waals surface area contributed by atoms with Crippen LogP contribution in [0.2, 0.25) is 5.02 Å². The van der Waals surface area contributed by atoms with Gasteiger partial charge in [-0.25, -0.2) is 28.7 Å². The summed E-state index contributed by atoms with van der Waals surface area (Å²) in [7, 11) is 1.59. The van der Waals surface area contributed by atoms with Gasteiger partial charge in [-0.1, -0.05) is 18.5 Å². The quantitative estimate of drug-likeness (QED) is 0.538. The number of alkyl halides is 2. The molecular formula is C20H23ClF2N8O. The molecule has 1 fully saturated rings. The molecular weight excluding hydrogens is 442 g/mol. The highest BCUT2D eigenvalue weighted by atomic mass is 35.5. The molecule has 1 aliphatic heterocycles. The van der Waals surface area contributed by atoms with Crippen molar-refractivity contribution >= 4 is 34.7 Å². The minimum absolute atomic E-state index is 0.104. The zero-order valence-electron chi connectivity index (χ0n) is 17.5. The predicted molar refractivity (Wildman–Crippen MR) is 117 cm³/mol. The monoisotopic (exact) mass is 464 g/mol. The van der Waals surface area contributed by atoms with Crippen molar-refractivity contribution in [1.82, 2.24) is 30.2 Å². The molecule has 0 bridgehead atoms. The van der Waals surface area contributed by atoms with Crippen LogP contribution in [0, 0.1) is 11.3 Å². The fourth-order valence-electron chi connectivity index (χ4n) is 3.57. The Labute approximate surface area is 188 Å². The first-order valence-electron chi connectivity index (χ1n) is 9.86. The van der Waals surface area contributed by atoms with Crippen molar-refractivity contribution < 1.29 is 13.6 Å². The van der Waals surface area contributed by atoms with E-state index in [9.17, 15) is 13.6 Å². The Morgan fingerprint density at radius 3 is 2.59 bits per heavy atom. The predicted octanol–water partition coefficient (Wildman–Crippen LogP) is 2.48. The second-order valence-electron chi connectivity index (χ2n) is 7.44. The lowest BCUT2D eigenvalue weighted by molar-refractivity contribution is -0.145. The number of amides is 1. The molecule has 0 saturated carbocycles. The number of nitrogens with zero attached hydrogens (tertiary/aromatic N) is 5. The minimum atomic E-state index is -3.07. The van der Waals surface area contributed by atoms with E-state index in [0.29, 0.717) is 5.02 Å². The van der Waals surface area contributed by atoms with Gasteiger partial charge in [0.1, 0.15) is 5.71 Å². The van der Waals surface area contributed by atoms with Crippen molar-refractivity contribution in [3.05, 3.63) is 47.9 Å². The molecule has 1 amide bonds. The van der Waals surface area contributed by atoms with Gasteiger partial charge in [0.2, 0.25) is 5.95 Å². The molecule has 1 aliphatic rings. The van der Waals surface area contributed by atoms with Gasteiger partial charge in [-0.05, 0) is 12.0 Å². The molecule has 2 aromatic heterocycles. The molecule has 32 heavy (non-hydrogen) atoms. The van der Waals surface area contributed by atoms with Crippen LogP contribution < -0.4 is 10.6 Å². The molecule has 0 aromatic carbocycles. The summed E-state index contributed by atoms with van der Waals surface area (Å²) in [6.07, 6.45) is 6.78. The average molecular weight is 465 g/mol. The number of nitrogens with one attached hydrogen (secondary N) is 3. The Morgan fingerprint density at radius 2 is 1.97 bits per heavy atom. The van der Waals surface area contributed by atoms with Gasteiger partial charge in [0.05, 0.1) is 35.6 Å². The Balaban J connectivity index is 1.85. The van der Waals surface area contributed by atoms with Crippen LogP contribution in [-0.4, -0.2) is 68.6 Å². The second kappa shape index (κ2) is 9.94. The number of aromatic nitrogens is 4. The molecule has 170 valence electrons.